The number of aliphatic hydroxyl groups is 1. The first-order valence-corrected chi connectivity index (χ1v) is 8.53. The van der Waals surface area contributed by atoms with Gasteiger partial charge in [0.1, 0.15) is 5.69 Å². The van der Waals surface area contributed by atoms with E-state index in [0.29, 0.717) is 12.2 Å². The number of para-hydroxylation sites is 1. The zero-order valence-electron chi connectivity index (χ0n) is 14.2. The van der Waals surface area contributed by atoms with Crippen molar-refractivity contribution in [1.29, 1.82) is 0 Å². The third kappa shape index (κ3) is 2.88. The molecule has 4 heteroatoms. The van der Waals surface area contributed by atoms with E-state index in [2.05, 4.69) is 5.32 Å². The summed E-state index contributed by atoms with van der Waals surface area (Å²) in [6.45, 7) is 7.42. The Balaban J connectivity index is 1.77. The second-order valence-electron chi connectivity index (χ2n) is 7.07. The van der Waals surface area contributed by atoms with Crippen LogP contribution in [0, 0.1) is 11.3 Å². The van der Waals surface area contributed by atoms with Gasteiger partial charge in [-0.1, -0.05) is 32.0 Å². The van der Waals surface area contributed by atoms with Crippen molar-refractivity contribution >= 4 is 16.8 Å². The van der Waals surface area contributed by atoms with Gasteiger partial charge in [0.2, 0.25) is 0 Å². The number of benzene rings is 1. The molecule has 1 atom stereocenters. The first kappa shape index (κ1) is 16.1. The minimum atomic E-state index is -0.347. The second kappa shape index (κ2) is 6.00. The molecule has 1 aliphatic carbocycles. The van der Waals surface area contributed by atoms with Crippen LogP contribution < -0.4 is 5.32 Å². The van der Waals surface area contributed by atoms with Crippen molar-refractivity contribution in [2.24, 2.45) is 11.3 Å². The van der Waals surface area contributed by atoms with E-state index in [9.17, 15) is 9.90 Å². The molecule has 0 radical (unpaired) electrons. The van der Waals surface area contributed by atoms with E-state index in [4.69, 9.17) is 0 Å². The molecule has 1 saturated carbocycles. The van der Waals surface area contributed by atoms with Gasteiger partial charge < -0.3 is 15.0 Å². The van der Waals surface area contributed by atoms with E-state index in [1.54, 1.807) is 0 Å². The summed E-state index contributed by atoms with van der Waals surface area (Å²) in [4.78, 5) is 12.6. The maximum Gasteiger partial charge on any atom is 0.267 e. The SMILES string of the molecule is CCn1c(C(=O)NCC2([C@H](O)C(C)C)CC2)cc2ccccc21. The van der Waals surface area contributed by atoms with Crippen molar-refractivity contribution in [2.75, 3.05) is 6.54 Å². The van der Waals surface area contributed by atoms with E-state index >= 15 is 0 Å². The zero-order chi connectivity index (χ0) is 16.6. The van der Waals surface area contributed by atoms with Gasteiger partial charge >= 0.3 is 0 Å². The third-order valence-electron chi connectivity index (χ3n) is 5.11. The van der Waals surface area contributed by atoms with Gasteiger partial charge in [0, 0.05) is 29.4 Å². The lowest BCUT2D eigenvalue weighted by atomic mass is 9.90. The molecule has 1 aromatic heterocycles. The minimum absolute atomic E-state index is 0.0507. The van der Waals surface area contributed by atoms with Crippen LogP contribution in [0.3, 0.4) is 0 Å². The average Bonchev–Trinajstić information content (AvgIpc) is 3.24. The van der Waals surface area contributed by atoms with Crippen molar-refractivity contribution in [3.8, 4) is 0 Å². The highest BCUT2D eigenvalue weighted by atomic mass is 16.3. The molecule has 2 aromatic rings. The van der Waals surface area contributed by atoms with Crippen molar-refractivity contribution in [1.82, 2.24) is 9.88 Å². The van der Waals surface area contributed by atoms with Crippen LogP contribution in [0.1, 0.15) is 44.1 Å². The van der Waals surface area contributed by atoms with Gasteiger partial charge in [0.25, 0.3) is 5.91 Å². The molecule has 0 aliphatic heterocycles. The van der Waals surface area contributed by atoms with E-state index in [1.165, 1.54) is 0 Å². The highest BCUT2D eigenvalue weighted by Gasteiger charge is 2.49. The lowest BCUT2D eigenvalue weighted by Gasteiger charge is -2.25. The number of nitrogens with zero attached hydrogens (tertiary/aromatic N) is 1. The Kier molecular flexibility index (Phi) is 4.19. The standard InChI is InChI=1S/C19H26N2O2/c1-4-21-15-8-6-5-7-14(15)11-16(21)18(23)20-12-19(9-10-19)17(22)13(2)3/h5-8,11,13,17,22H,4,9-10,12H2,1-3H3,(H,20,23)/t17-/m1/s1. The van der Waals surface area contributed by atoms with Gasteiger partial charge in [0.15, 0.2) is 0 Å². The molecule has 1 amide bonds. The molecule has 0 spiro atoms. The van der Waals surface area contributed by atoms with Crippen LogP contribution in [0.15, 0.2) is 30.3 Å². The van der Waals surface area contributed by atoms with E-state index < -0.39 is 0 Å². The molecule has 1 fully saturated rings. The van der Waals surface area contributed by atoms with Gasteiger partial charge in [0.05, 0.1) is 6.10 Å². The molecule has 4 nitrogen and oxygen atoms in total. The number of aliphatic hydroxyl groups excluding tert-OH is 1. The largest absolute Gasteiger partial charge is 0.392 e. The van der Waals surface area contributed by atoms with Gasteiger partial charge in [-0.3, -0.25) is 4.79 Å². The summed E-state index contributed by atoms with van der Waals surface area (Å²) in [5.41, 5.74) is 1.67. The molecular weight excluding hydrogens is 288 g/mol. The van der Waals surface area contributed by atoms with Crippen molar-refractivity contribution in [2.45, 2.75) is 46.3 Å². The molecule has 0 unspecified atom stereocenters. The minimum Gasteiger partial charge on any atom is -0.392 e. The molecule has 2 N–H and O–H groups in total. The van der Waals surface area contributed by atoms with Crippen LogP contribution in [0.4, 0.5) is 0 Å². The monoisotopic (exact) mass is 314 g/mol. The number of aromatic nitrogens is 1. The molecular formula is C19H26N2O2. The maximum atomic E-state index is 12.6. The van der Waals surface area contributed by atoms with Crippen molar-refractivity contribution in [3.63, 3.8) is 0 Å². The van der Waals surface area contributed by atoms with Crippen LogP contribution in [-0.4, -0.2) is 28.2 Å². The first-order chi connectivity index (χ1) is 11.0. The predicted molar refractivity (Wildman–Crippen MR) is 92.5 cm³/mol. The summed E-state index contributed by atoms with van der Waals surface area (Å²) in [5, 5.41) is 14.5. The van der Waals surface area contributed by atoms with Crippen LogP contribution >= 0.6 is 0 Å². The number of rotatable bonds is 6. The van der Waals surface area contributed by atoms with E-state index in [-0.39, 0.29) is 23.3 Å². The summed E-state index contributed by atoms with van der Waals surface area (Å²) in [6.07, 6.45) is 1.63. The summed E-state index contributed by atoms with van der Waals surface area (Å²) in [6, 6.07) is 10.0. The number of nitrogens with one attached hydrogen (secondary N) is 1. The zero-order valence-corrected chi connectivity index (χ0v) is 14.2. The van der Waals surface area contributed by atoms with Crippen LogP contribution in [0.2, 0.25) is 0 Å². The number of fused-ring (bicyclic) bond motifs is 1. The van der Waals surface area contributed by atoms with Crippen LogP contribution in [0.5, 0.6) is 0 Å². The highest BCUT2D eigenvalue weighted by Crippen LogP contribution is 2.50. The summed E-state index contributed by atoms with van der Waals surface area (Å²) < 4.78 is 2.04. The Hall–Kier alpha value is -1.81. The van der Waals surface area contributed by atoms with Crippen molar-refractivity contribution in [3.05, 3.63) is 36.0 Å². The number of carbonyl (C=O) groups excluding carboxylic acids is 1. The maximum absolute atomic E-state index is 12.6. The molecule has 1 aromatic carbocycles. The van der Waals surface area contributed by atoms with Gasteiger partial charge in [-0.2, -0.15) is 0 Å². The molecule has 124 valence electrons. The van der Waals surface area contributed by atoms with Crippen LogP contribution in [0.25, 0.3) is 10.9 Å². The number of hydrogen-bond donors (Lipinski definition) is 2. The molecule has 0 bridgehead atoms. The Morgan fingerprint density at radius 3 is 2.65 bits per heavy atom. The normalized spacial score (nSPS) is 17.4. The fraction of sp³-hybridized carbons (Fsp3) is 0.526. The molecule has 1 heterocycles. The molecule has 23 heavy (non-hydrogen) atoms. The van der Waals surface area contributed by atoms with E-state index in [0.717, 1.165) is 30.3 Å². The Morgan fingerprint density at radius 1 is 1.35 bits per heavy atom. The van der Waals surface area contributed by atoms with Crippen molar-refractivity contribution < 1.29 is 9.90 Å². The Morgan fingerprint density at radius 2 is 2.04 bits per heavy atom. The quantitative estimate of drug-likeness (QED) is 0.860. The van der Waals surface area contributed by atoms with E-state index in [1.807, 2.05) is 55.7 Å². The molecule has 1 aliphatic rings. The smallest absolute Gasteiger partial charge is 0.267 e. The lowest BCUT2D eigenvalue weighted by molar-refractivity contribution is 0.0489. The summed E-state index contributed by atoms with van der Waals surface area (Å²) >= 11 is 0. The predicted octanol–water partition coefficient (Wildman–Crippen LogP) is 3.19. The highest BCUT2D eigenvalue weighted by molar-refractivity contribution is 5.98. The van der Waals surface area contributed by atoms with Gasteiger partial charge in [-0.25, -0.2) is 0 Å². The van der Waals surface area contributed by atoms with Gasteiger partial charge in [-0.05, 0) is 37.8 Å². The van der Waals surface area contributed by atoms with Crippen LogP contribution in [-0.2, 0) is 6.54 Å². The first-order valence-electron chi connectivity index (χ1n) is 8.53. The number of aryl methyl sites for hydroxylation is 1. The number of amides is 1. The average molecular weight is 314 g/mol. The Labute approximate surface area is 137 Å². The summed E-state index contributed by atoms with van der Waals surface area (Å²) in [7, 11) is 0. The fourth-order valence-corrected chi connectivity index (χ4v) is 3.53. The molecule has 0 saturated heterocycles. The fourth-order valence-electron chi connectivity index (χ4n) is 3.53. The van der Waals surface area contributed by atoms with Gasteiger partial charge in [-0.15, -0.1) is 0 Å². The second-order valence-corrected chi connectivity index (χ2v) is 7.07. The number of carbonyl (C=O) groups is 1. The lowest BCUT2D eigenvalue weighted by Crippen LogP contribution is -2.39. The number of hydrogen-bond acceptors (Lipinski definition) is 2. The topological polar surface area (TPSA) is 54.3 Å². The third-order valence-corrected chi connectivity index (χ3v) is 5.11. The summed E-state index contributed by atoms with van der Waals surface area (Å²) in [5.74, 6) is 0.168. The Bertz CT molecular complexity index is 713. The molecule has 3 rings (SSSR count).